The Labute approximate surface area is 79.3 Å². The minimum atomic E-state index is 0.351. The molecule has 1 aliphatic rings. The summed E-state index contributed by atoms with van der Waals surface area (Å²) in [5.41, 5.74) is 0. The zero-order chi connectivity index (χ0) is 9.42. The van der Waals surface area contributed by atoms with Crippen LogP contribution < -0.4 is 5.32 Å². The highest BCUT2D eigenvalue weighted by atomic mass is 16.3. The number of furan rings is 1. The molecule has 0 bridgehead atoms. The first kappa shape index (κ1) is 8.82. The number of hydrogen-bond acceptors (Lipinski definition) is 2. The Balaban J connectivity index is 1.93. The second-order valence-corrected chi connectivity index (χ2v) is 4.16. The van der Waals surface area contributed by atoms with Crippen molar-refractivity contribution in [2.75, 3.05) is 0 Å². The number of hydrogen-bond donors (Lipinski definition) is 1. The molecule has 1 fully saturated rings. The average molecular weight is 179 g/mol. The molecule has 13 heavy (non-hydrogen) atoms. The van der Waals surface area contributed by atoms with Gasteiger partial charge in [0.2, 0.25) is 0 Å². The van der Waals surface area contributed by atoms with E-state index in [4.69, 9.17) is 4.42 Å². The van der Waals surface area contributed by atoms with Crippen LogP contribution in [0.1, 0.15) is 37.8 Å². The topological polar surface area (TPSA) is 25.2 Å². The molecule has 0 aliphatic heterocycles. The molecular weight excluding hydrogens is 162 g/mol. The second kappa shape index (κ2) is 3.18. The Morgan fingerprint density at radius 1 is 1.54 bits per heavy atom. The quantitative estimate of drug-likeness (QED) is 0.771. The lowest BCUT2D eigenvalue weighted by Gasteiger charge is -2.10. The molecule has 0 aromatic carbocycles. The highest BCUT2D eigenvalue weighted by molar-refractivity contribution is 5.10. The molecule has 72 valence electrons. The van der Waals surface area contributed by atoms with E-state index in [-0.39, 0.29) is 0 Å². The lowest BCUT2D eigenvalue weighted by atomic mass is 10.2. The lowest BCUT2D eigenvalue weighted by Crippen LogP contribution is -2.21. The molecular formula is C11H17NO. The van der Waals surface area contributed by atoms with Crippen molar-refractivity contribution in [1.29, 1.82) is 0 Å². The van der Waals surface area contributed by atoms with Crippen molar-refractivity contribution in [3.05, 3.63) is 23.7 Å². The van der Waals surface area contributed by atoms with E-state index >= 15 is 0 Å². The summed E-state index contributed by atoms with van der Waals surface area (Å²) in [5.74, 6) is 2.89. The Bertz CT molecular complexity index is 292. The molecule has 1 N–H and O–H groups in total. The Kier molecular flexibility index (Phi) is 2.16. The summed E-state index contributed by atoms with van der Waals surface area (Å²) in [6.07, 6.45) is 1.31. The first-order chi connectivity index (χ1) is 6.16. The van der Waals surface area contributed by atoms with Crippen LogP contribution in [0.4, 0.5) is 0 Å². The van der Waals surface area contributed by atoms with Crippen LogP contribution in [0.3, 0.4) is 0 Å². The van der Waals surface area contributed by atoms with Crippen molar-refractivity contribution < 1.29 is 4.42 Å². The molecule has 3 atom stereocenters. The van der Waals surface area contributed by atoms with Crippen LogP contribution in [-0.2, 0) is 0 Å². The van der Waals surface area contributed by atoms with Crippen LogP contribution in [-0.4, -0.2) is 6.04 Å². The highest BCUT2D eigenvalue weighted by Crippen LogP contribution is 2.31. The number of rotatable bonds is 3. The van der Waals surface area contributed by atoms with E-state index in [1.165, 1.54) is 6.42 Å². The van der Waals surface area contributed by atoms with Crippen molar-refractivity contribution in [1.82, 2.24) is 5.32 Å². The van der Waals surface area contributed by atoms with E-state index in [2.05, 4.69) is 25.2 Å². The summed E-state index contributed by atoms with van der Waals surface area (Å²) < 4.78 is 5.55. The van der Waals surface area contributed by atoms with E-state index in [1.54, 1.807) is 0 Å². The van der Waals surface area contributed by atoms with Crippen LogP contribution in [0.5, 0.6) is 0 Å². The molecule has 0 saturated heterocycles. The molecule has 2 rings (SSSR count). The standard InChI is InChI=1S/C11H17NO/c1-7-6-10(7)12-9(3)11-5-4-8(2)13-11/h4-5,7,9-10,12H,6H2,1-3H3. The maximum atomic E-state index is 5.55. The molecule has 0 radical (unpaired) electrons. The van der Waals surface area contributed by atoms with E-state index in [9.17, 15) is 0 Å². The zero-order valence-electron chi connectivity index (χ0n) is 8.50. The maximum absolute atomic E-state index is 5.55. The van der Waals surface area contributed by atoms with E-state index in [0.717, 1.165) is 17.4 Å². The minimum absolute atomic E-state index is 0.351. The van der Waals surface area contributed by atoms with Gasteiger partial charge in [0.25, 0.3) is 0 Å². The molecule has 1 aromatic heterocycles. The summed E-state index contributed by atoms with van der Waals surface area (Å²) in [6, 6.07) is 5.13. The summed E-state index contributed by atoms with van der Waals surface area (Å²) in [6.45, 7) is 6.41. The Hall–Kier alpha value is -0.760. The first-order valence-electron chi connectivity index (χ1n) is 4.99. The van der Waals surface area contributed by atoms with Gasteiger partial charge in [-0.1, -0.05) is 6.92 Å². The fourth-order valence-corrected chi connectivity index (χ4v) is 1.64. The molecule has 1 heterocycles. The molecule has 1 aromatic rings. The van der Waals surface area contributed by atoms with Crippen LogP contribution in [0.15, 0.2) is 16.5 Å². The zero-order valence-corrected chi connectivity index (χ0v) is 8.50. The van der Waals surface area contributed by atoms with Gasteiger partial charge in [-0.3, -0.25) is 0 Å². The summed E-state index contributed by atoms with van der Waals surface area (Å²) >= 11 is 0. The summed E-state index contributed by atoms with van der Waals surface area (Å²) in [4.78, 5) is 0. The fraction of sp³-hybridized carbons (Fsp3) is 0.636. The third-order valence-corrected chi connectivity index (χ3v) is 2.76. The molecule has 2 nitrogen and oxygen atoms in total. The smallest absolute Gasteiger partial charge is 0.120 e. The van der Waals surface area contributed by atoms with Gasteiger partial charge in [-0.05, 0) is 38.3 Å². The third-order valence-electron chi connectivity index (χ3n) is 2.76. The fourth-order valence-electron chi connectivity index (χ4n) is 1.64. The van der Waals surface area contributed by atoms with Gasteiger partial charge >= 0.3 is 0 Å². The molecule has 0 spiro atoms. The number of nitrogens with one attached hydrogen (secondary N) is 1. The Morgan fingerprint density at radius 3 is 2.69 bits per heavy atom. The molecule has 1 saturated carbocycles. The normalized spacial score (nSPS) is 28.8. The van der Waals surface area contributed by atoms with Gasteiger partial charge < -0.3 is 9.73 Å². The van der Waals surface area contributed by atoms with Gasteiger partial charge in [-0.25, -0.2) is 0 Å². The van der Waals surface area contributed by atoms with Crippen molar-refractivity contribution in [2.24, 2.45) is 5.92 Å². The van der Waals surface area contributed by atoms with Crippen molar-refractivity contribution in [3.8, 4) is 0 Å². The average Bonchev–Trinajstić information content (AvgIpc) is 2.62. The van der Waals surface area contributed by atoms with Crippen molar-refractivity contribution in [2.45, 2.75) is 39.3 Å². The molecule has 0 amide bonds. The minimum Gasteiger partial charge on any atom is -0.465 e. The van der Waals surface area contributed by atoms with Crippen molar-refractivity contribution >= 4 is 0 Å². The van der Waals surface area contributed by atoms with Gasteiger partial charge in [0.1, 0.15) is 11.5 Å². The van der Waals surface area contributed by atoms with Crippen LogP contribution >= 0.6 is 0 Å². The van der Waals surface area contributed by atoms with Gasteiger partial charge in [-0.15, -0.1) is 0 Å². The third kappa shape index (κ3) is 1.94. The van der Waals surface area contributed by atoms with Gasteiger partial charge in [-0.2, -0.15) is 0 Å². The van der Waals surface area contributed by atoms with Crippen molar-refractivity contribution in [3.63, 3.8) is 0 Å². The molecule has 1 aliphatic carbocycles. The summed E-state index contributed by atoms with van der Waals surface area (Å²) in [7, 11) is 0. The summed E-state index contributed by atoms with van der Waals surface area (Å²) in [5, 5.41) is 3.54. The first-order valence-corrected chi connectivity index (χ1v) is 4.99. The monoisotopic (exact) mass is 179 g/mol. The van der Waals surface area contributed by atoms with Gasteiger partial charge in [0.05, 0.1) is 6.04 Å². The van der Waals surface area contributed by atoms with Crippen LogP contribution in [0.25, 0.3) is 0 Å². The van der Waals surface area contributed by atoms with Gasteiger partial charge in [0, 0.05) is 6.04 Å². The number of aryl methyl sites for hydroxylation is 1. The lowest BCUT2D eigenvalue weighted by molar-refractivity contribution is 0.411. The molecule has 2 heteroatoms. The van der Waals surface area contributed by atoms with E-state index < -0.39 is 0 Å². The maximum Gasteiger partial charge on any atom is 0.120 e. The highest BCUT2D eigenvalue weighted by Gasteiger charge is 2.33. The predicted octanol–water partition coefficient (Wildman–Crippen LogP) is 2.65. The second-order valence-electron chi connectivity index (χ2n) is 4.16. The largest absolute Gasteiger partial charge is 0.465 e. The SMILES string of the molecule is Cc1ccc(C(C)NC2CC2C)o1. The molecule has 3 unspecified atom stereocenters. The van der Waals surface area contributed by atoms with Crippen LogP contribution in [0.2, 0.25) is 0 Å². The Morgan fingerprint density at radius 2 is 2.23 bits per heavy atom. The predicted molar refractivity (Wildman–Crippen MR) is 52.6 cm³/mol. The van der Waals surface area contributed by atoms with E-state index in [1.807, 2.05) is 13.0 Å². The van der Waals surface area contributed by atoms with Crippen LogP contribution in [0, 0.1) is 12.8 Å². The van der Waals surface area contributed by atoms with Gasteiger partial charge in [0.15, 0.2) is 0 Å². The van der Waals surface area contributed by atoms with E-state index in [0.29, 0.717) is 12.1 Å².